The molecule has 0 bridgehead atoms. The summed E-state index contributed by atoms with van der Waals surface area (Å²) in [7, 11) is 0. The SMILES string of the molecule is Clc1ccc2c(c1)C=C(c1cn(-c3ccc(OC4CCCC4)cc3)nn1)CN2. The Kier molecular flexibility index (Phi) is 4.53. The standard InChI is InChI=1S/C22H21ClN4O/c23-17-5-10-21-15(12-17)11-16(13-24-21)22-14-27(26-25-22)18-6-8-20(9-7-18)28-19-3-1-2-4-19/h5-12,14,19,24H,1-4,13H2. The van der Waals surface area contributed by atoms with E-state index in [0.29, 0.717) is 12.6 Å². The highest BCUT2D eigenvalue weighted by atomic mass is 35.5. The Bertz CT molecular complexity index is 1020. The molecule has 0 amide bonds. The molecular formula is C22H21ClN4O. The van der Waals surface area contributed by atoms with Crippen molar-refractivity contribution in [2.75, 3.05) is 11.9 Å². The van der Waals surface area contributed by atoms with Gasteiger partial charge in [-0.15, -0.1) is 5.10 Å². The maximum Gasteiger partial charge on any atom is 0.119 e. The number of nitrogens with zero attached hydrogens (tertiary/aromatic N) is 3. The Hall–Kier alpha value is -2.79. The van der Waals surface area contributed by atoms with Crippen LogP contribution in [-0.4, -0.2) is 27.6 Å². The molecule has 1 fully saturated rings. The van der Waals surface area contributed by atoms with Crippen molar-refractivity contribution in [3.63, 3.8) is 0 Å². The third-order valence-corrected chi connectivity index (χ3v) is 5.58. The summed E-state index contributed by atoms with van der Waals surface area (Å²) in [6, 6.07) is 13.9. The predicted octanol–water partition coefficient (Wildman–Crippen LogP) is 5.21. The average molecular weight is 393 g/mol. The molecular weight excluding hydrogens is 372 g/mol. The summed E-state index contributed by atoms with van der Waals surface area (Å²) in [6.07, 6.45) is 9.29. The van der Waals surface area contributed by atoms with Gasteiger partial charge in [0, 0.05) is 22.8 Å². The van der Waals surface area contributed by atoms with Crippen molar-refractivity contribution in [1.82, 2.24) is 15.0 Å². The number of ether oxygens (including phenoxy) is 1. The van der Waals surface area contributed by atoms with Gasteiger partial charge < -0.3 is 10.1 Å². The smallest absolute Gasteiger partial charge is 0.119 e. The van der Waals surface area contributed by atoms with Crippen molar-refractivity contribution in [1.29, 1.82) is 0 Å². The van der Waals surface area contributed by atoms with E-state index in [4.69, 9.17) is 16.3 Å². The van der Waals surface area contributed by atoms with Gasteiger partial charge in [0.1, 0.15) is 11.4 Å². The second kappa shape index (κ2) is 7.32. The highest BCUT2D eigenvalue weighted by Gasteiger charge is 2.17. The first kappa shape index (κ1) is 17.3. The van der Waals surface area contributed by atoms with E-state index in [-0.39, 0.29) is 0 Å². The minimum atomic E-state index is 0.367. The predicted molar refractivity (Wildman–Crippen MR) is 112 cm³/mol. The molecule has 5 nitrogen and oxygen atoms in total. The number of anilines is 1. The number of rotatable bonds is 4. The third-order valence-electron chi connectivity index (χ3n) is 5.34. The summed E-state index contributed by atoms with van der Waals surface area (Å²) in [5.41, 5.74) is 5.05. The summed E-state index contributed by atoms with van der Waals surface area (Å²) in [6.45, 7) is 0.710. The van der Waals surface area contributed by atoms with Crippen molar-refractivity contribution in [2.45, 2.75) is 31.8 Å². The first-order chi connectivity index (χ1) is 13.7. The Morgan fingerprint density at radius 2 is 1.89 bits per heavy atom. The molecule has 0 saturated heterocycles. The summed E-state index contributed by atoms with van der Waals surface area (Å²) in [5.74, 6) is 0.920. The Morgan fingerprint density at radius 3 is 2.71 bits per heavy atom. The Balaban J connectivity index is 1.35. The molecule has 1 saturated carbocycles. The van der Waals surface area contributed by atoms with Crippen LogP contribution in [-0.2, 0) is 0 Å². The van der Waals surface area contributed by atoms with Crippen LogP contribution in [0.4, 0.5) is 5.69 Å². The fourth-order valence-electron chi connectivity index (χ4n) is 3.82. The molecule has 1 aliphatic heterocycles. The summed E-state index contributed by atoms with van der Waals surface area (Å²) >= 11 is 6.12. The second-order valence-corrected chi connectivity index (χ2v) is 7.76. The topological polar surface area (TPSA) is 52.0 Å². The molecule has 1 aromatic heterocycles. The third kappa shape index (κ3) is 3.50. The van der Waals surface area contributed by atoms with E-state index < -0.39 is 0 Å². The summed E-state index contributed by atoms with van der Waals surface area (Å²) in [5, 5.41) is 12.8. The van der Waals surface area contributed by atoms with Gasteiger partial charge in [0.05, 0.1) is 18.0 Å². The van der Waals surface area contributed by atoms with Gasteiger partial charge >= 0.3 is 0 Å². The minimum absolute atomic E-state index is 0.367. The van der Waals surface area contributed by atoms with Gasteiger partial charge in [-0.25, -0.2) is 4.68 Å². The van der Waals surface area contributed by atoms with Crippen LogP contribution in [0.15, 0.2) is 48.7 Å². The lowest BCUT2D eigenvalue weighted by Gasteiger charge is -2.17. The maximum atomic E-state index is 6.12. The van der Waals surface area contributed by atoms with Gasteiger partial charge in [-0.2, -0.15) is 0 Å². The molecule has 0 atom stereocenters. The molecule has 6 heteroatoms. The van der Waals surface area contributed by atoms with E-state index in [1.54, 1.807) is 4.68 Å². The van der Waals surface area contributed by atoms with Crippen molar-refractivity contribution in [3.05, 3.63) is 64.9 Å². The molecule has 1 N–H and O–H groups in total. The number of fused-ring (bicyclic) bond motifs is 1. The van der Waals surface area contributed by atoms with E-state index in [1.165, 1.54) is 12.8 Å². The van der Waals surface area contributed by atoms with Crippen LogP contribution in [0.2, 0.25) is 5.02 Å². The molecule has 28 heavy (non-hydrogen) atoms. The largest absolute Gasteiger partial charge is 0.490 e. The minimum Gasteiger partial charge on any atom is -0.490 e. The molecule has 142 valence electrons. The van der Waals surface area contributed by atoms with Gasteiger partial charge in [-0.05, 0) is 79.8 Å². The molecule has 2 aliphatic rings. The lowest BCUT2D eigenvalue weighted by molar-refractivity contribution is 0.210. The molecule has 1 aliphatic carbocycles. The first-order valence-corrected chi connectivity index (χ1v) is 10.1. The monoisotopic (exact) mass is 392 g/mol. The quantitative estimate of drug-likeness (QED) is 0.662. The van der Waals surface area contributed by atoms with Crippen LogP contribution in [0, 0.1) is 0 Å². The molecule has 5 rings (SSSR count). The van der Waals surface area contributed by atoms with Gasteiger partial charge in [-0.3, -0.25) is 0 Å². The second-order valence-electron chi connectivity index (χ2n) is 7.32. The van der Waals surface area contributed by atoms with Crippen molar-refractivity contribution in [3.8, 4) is 11.4 Å². The van der Waals surface area contributed by atoms with Crippen LogP contribution in [0.1, 0.15) is 36.9 Å². The van der Waals surface area contributed by atoms with E-state index in [1.807, 2.05) is 48.7 Å². The van der Waals surface area contributed by atoms with Gasteiger partial charge in [0.2, 0.25) is 0 Å². The summed E-state index contributed by atoms with van der Waals surface area (Å²) in [4.78, 5) is 0. The average Bonchev–Trinajstić information content (AvgIpc) is 3.40. The number of benzene rings is 2. The Labute approximate surface area is 169 Å². The Morgan fingerprint density at radius 1 is 1.07 bits per heavy atom. The van der Waals surface area contributed by atoms with E-state index in [0.717, 1.165) is 51.8 Å². The van der Waals surface area contributed by atoms with Gasteiger partial charge in [-0.1, -0.05) is 16.8 Å². The van der Waals surface area contributed by atoms with Gasteiger partial charge in [0.15, 0.2) is 0 Å². The van der Waals surface area contributed by atoms with E-state index >= 15 is 0 Å². The number of hydrogen-bond donors (Lipinski definition) is 1. The van der Waals surface area contributed by atoms with Crippen LogP contribution < -0.4 is 10.1 Å². The van der Waals surface area contributed by atoms with E-state index in [9.17, 15) is 0 Å². The fraction of sp³-hybridized carbons (Fsp3) is 0.273. The normalized spacial score (nSPS) is 16.4. The zero-order valence-corrected chi connectivity index (χ0v) is 16.2. The first-order valence-electron chi connectivity index (χ1n) is 9.68. The summed E-state index contributed by atoms with van der Waals surface area (Å²) < 4.78 is 7.83. The number of halogens is 1. The van der Waals surface area contributed by atoms with Crippen LogP contribution in [0.25, 0.3) is 17.3 Å². The molecule has 0 spiro atoms. The maximum absolute atomic E-state index is 6.12. The van der Waals surface area contributed by atoms with Crippen LogP contribution in [0.5, 0.6) is 5.75 Å². The number of nitrogens with one attached hydrogen (secondary N) is 1. The lowest BCUT2D eigenvalue weighted by Crippen LogP contribution is -2.10. The molecule has 2 aromatic carbocycles. The zero-order chi connectivity index (χ0) is 18.9. The van der Waals surface area contributed by atoms with Crippen molar-refractivity contribution < 1.29 is 4.74 Å². The molecule has 0 radical (unpaired) electrons. The highest BCUT2D eigenvalue weighted by molar-refractivity contribution is 6.30. The van der Waals surface area contributed by atoms with Gasteiger partial charge in [0.25, 0.3) is 0 Å². The van der Waals surface area contributed by atoms with Crippen LogP contribution in [0.3, 0.4) is 0 Å². The van der Waals surface area contributed by atoms with Crippen molar-refractivity contribution >= 4 is 28.9 Å². The van der Waals surface area contributed by atoms with Crippen LogP contribution >= 0.6 is 11.6 Å². The highest BCUT2D eigenvalue weighted by Crippen LogP contribution is 2.30. The molecule has 2 heterocycles. The van der Waals surface area contributed by atoms with Crippen molar-refractivity contribution in [2.24, 2.45) is 0 Å². The van der Waals surface area contributed by atoms with E-state index in [2.05, 4.69) is 21.7 Å². The zero-order valence-electron chi connectivity index (χ0n) is 15.4. The fourth-order valence-corrected chi connectivity index (χ4v) is 4.00. The lowest BCUT2D eigenvalue weighted by atomic mass is 10.0. The molecule has 3 aromatic rings. The number of aromatic nitrogens is 3. The molecule has 0 unspecified atom stereocenters. The number of hydrogen-bond acceptors (Lipinski definition) is 4.